The average molecular weight is 494 g/mol. The van der Waals surface area contributed by atoms with Crippen molar-refractivity contribution in [1.82, 2.24) is 10.2 Å². The standard InChI is InChI=1S/C22H17F3N2O6S/c1-11(12-2-4-13(5-3-12)22(23,24)25)34(32,33)14-6-7-15-16(10-14)21(31)27(20(15)30)17-8-9-18(28)26-19(17)29/h2-7,10-11,17H,8-9H2,1H3,(H,26,28,29). The topological polar surface area (TPSA) is 118 Å². The van der Waals surface area contributed by atoms with Gasteiger partial charge in [-0.2, -0.15) is 13.2 Å². The smallest absolute Gasteiger partial charge is 0.295 e. The van der Waals surface area contributed by atoms with E-state index in [1.54, 1.807) is 0 Å². The first-order valence-electron chi connectivity index (χ1n) is 10.1. The second kappa shape index (κ2) is 8.05. The van der Waals surface area contributed by atoms with Crippen molar-refractivity contribution in [3.8, 4) is 0 Å². The molecule has 4 rings (SSSR count). The van der Waals surface area contributed by atoms with E-state index in [0.29, 0.717) is 4.90 Å². The molecule has 2 aliphatic rings. The number of alkyl halides is 3. The Morgan fingerprint density at radius 2 is 1.59 bits per heavy atom. The van der Waals surface area contributed by atoms with E-state index in [0.717, 1.165) is 42.5 Å². The summed E-state index contributed by atoms with van der Waals surface area (Å²) in [6, 6.07) is 5.82. The molecule has 2 atom stereocenters. The predicted octanol–water partition coefficient (Wildman–Crippen LogP) is 2.64. The van der Waals surface area contributed by atoms with Gasteiger partial charge in [0.25, 0.3) is 11.8 Å². The van der Waals surface area contributed by atoms with Crippen LogP contribution in [0.4, 0.5) is 13.2 Å². The Morgan fingerprint density at radius 3 is 2.18 bits per heavy atom. The maximum Gasteiger partial charge on any atom is 0.416 e. The van der Waals surface area contributed by atoms with Crippen LogP contribution in [-0.2, 0) is 25.6 Å². The lowest BCUT2D eigenvalue weighted by atomic mass is 10.0. The number of imide groups is 2. The molecule has 0 saturated carbocycles. The minimum atomic E-state index is -4.57. The fourth-order valence-electron chi connectivity index (χ4n) is 3.95. The fourth-order valence-corrected chi connectivity index (χ4v) is 5.42. The maximum atomic E-state index is 13.1. The molecule has 4 amide bonds. The third-order valence-corrected chi connectivity index (χ3v) is 8.03. The van der Waals surface area contributed by atoms with Gasteiger partial charge in [-0.3, -0.25) is 29.4 Å². The Labute approximate surface area is 191 Å². The molecule has 34 heavy (non-hydrogen) atoms. The summed E-state index contributed by atoms with van der Waals surface area (Å²) < 4.78 is 64.7. The third-order valence-electron chi connectivity index (χ3n) is 5.91. The SMILES string of the molecule is CC(c1ccc(C(F)(F)F)cc1)S(=O)(=O)c1ccc2c(c1)C(=O)N(C1CCC(=O)NC1=O)C2=O. The molecule has 178 valence electrons. The first-order valence-corrected chi connectivity index (χ1v) is 11.6. The highest BCUT2D eigenvalue weighted by Gasteiger charge is 2.45. The van der Waals surface area contributed by atoms with E-state index >= 15 is 0 Å². The molecule has 0 aromatic heterocycles. The Balaban J connectivity index is 1.64. The van der Waals surface area contributed by atoms with Crippen LogP contribution in [0.25, 0.3) is 0 Å². The number of benzene rings is 2. The Bertz CT molecular complexity index is 1340. The van der Waals surface area contributed by atoms with Crippen LogP contribution in [0.1, 0.15) is 56.9 Å². The third kappa shape index (κ3) is 3.87. The largest absolute Gasteiger partial charge is 0.416 e. The molecular weight excluding hydrogens is 477 g/mol. The number of hydrogen-bond donors (Lipinski definition) is 1. The highest BCUT2D eigenvalue weighted by Crippen LogP contribution is 2.35. The fraction of sp³-hybridized carbons (Fsp3) is 0.273. The first-order chi connectivity index (χ1) is 15.8. The Hall–Kier alpha value is -3.54. The molecule has 2 aliphatic heterocycles. The van der Waals surface area contributed by atoms with Crippen LogP contribution in [-0.4, -0.2) is 43.0 Å². The molecular formula is C22H17F3N2O6S. The van der Waals surface area contributed by atoms with Crippen LogP contribution in [0, 0.1) is 0 Å². The summed E-state index contributed by atoms with van der Waals surface area (Å²) in [6.07, 6.45) is -4.68. The number of piperidine rings is 1. The summed E-state index contributed by atoms with van der Waals surface area (Å²) in [5, 5.41) is 0.822. The monoisotopic (exact) mass is 494 g/mol. The molecule has 1 saturated heterocycles. The molecule has 0 bridgehead atoms. The van der Waals surface area contributed by atoms with Crippen molar-refractivity contribution in [3.05, 3.63) is 64.7 Å². The molecule has 12 heteroatoms. The van der Waals surface area contributed by atoms with Crippen LogP contribution < -0.4 is 5.32 Å². The van der Waals surface area contributed by atoms with Gasteiger partial charge in [0.2, 0.25) is 11.8 Å². The maximum absolute atomic E-state index is 13.1. The van der Waals surface area contributed by atoms with E-state index in [-0.39, 0.29) is 34.4 Å². The van der Waals surface area contributed by atoms with Crippen molar-refractivity contribution in [2.24, 2.45) is 0 Å². The first kappa shape index (κ1) is 23.6. The van der Waals surface area contributed by atoms with Gasteiger partial charge in [0.05, 0.1) is 26.8 Å². The van der Waals surface area contributed by atoms with Crippen molar-refractivity contribution in [2.75, 3.05) is 0 Å². The minimum Gasteiger partial charge on any atom is -0.295 e. The zero-order chi connectivity index (χ0) is 25.0. The van der Waals surface area contributed by atoms with Gasteiger partial charge in [0.1, 0.15) is 6.04 Å². The average Bonchev–Trinajstić information content (AvgIpc) is 3.02. The van der Waals surface area contributed by atoms with Crippen molar-refractivity contribution < 1.29 is 40.8 Å². The molecule has 2 aromatic rings. The van der Waals surface area contributed by atoms with Gasteiger partial charge in [-0.15, -0.1) is 0 Å². The lowest BCUT2D eigenvalue weighted by Gasteiger charge is -2.27. The van der Waals surface area contributed by atoms with Gasteiger partial charge < -0.3 is 0 Å². The highest BCUT2D eigenvalue weighted by molar-refractivity contribution is 7.91. The van der Waals surface area contributed by atoms with E-state index in [4.69, 9.17) is 0 Å². The number of nitrogens with zero attached hydrogens (tertiary/aromatic N) is 1. The van der Waals surface area contributed by atoms with Crippen molar-refractivity contribution in [2.45, 2.75) is 42.1 Å². The summed E-state index contributed by atoms with van der Waals surface area (Å²) in [7, 11) is -4.15. The van der Waals surface area contributed by atoms with Gasteiger partial charge >= 0.3 is 6.18 Å². The summed E-state index contributed by atoms with van der Waals surface area (Å²) in [5.41, 5.74) is -1.11. The summed E-state index contributed by atoms with van der Waals surface area (Å²) >= 11 is 0. The number of fused-ring (bicyclic) bond motifs is 1. The number of nitrogens with one attached hydrogen (secondary N) is 1. The molecule has 0 radical (unpaired) electrons. The van der Waals surface area contributed by atoms with E-state index in [1.165, 1.54) is 6.92 Å². The van der Waals surface area contributed by atoms with E-state index in [1.807, 2.05) is 0 Å². The van der Waals surface area contributed by atoms with Crippen LogP contribution in [0.5, 0.6) is 0 Å². The lowest BCUT2D eigenvalue weighted by molar-refractivity contribution is -0.138. The van der Waals surface area contributed by atoms with Gasteiger partial charge in [-0.25, -0.2) is 8.42 Å². The number of sulfone groups is 1. The van der Waals surface area contributed by atoms with Crippen LogP contribution >= 0.6 is 0 Å². The van der Waals surface area contributed by atoms with Crippen molar-refractivity contribution in [3.63, 3.8) is 0 Å². The van der Waals surface area contributed by atoms with Gasteiger partial charge in [0, 0.05) is 6.42 Å². The van der Waals surface area contributed by atoms with Gasteiger partial charge in [-0.1, -0.05) is 12.1 Å². The van der Waals surface area contributed by atoms with Gasteiger partial charge in [-0.05, 0) is 49.2 Å². The lowest BCUT2D eigenvalue weighted by Crippen LogP contribution is -2.54. The van der Waals surface area contributed by atoms with Crippen molar-refractivity contribution in [1.29, 1.82) is 0 Å². The summed E-state index contributed by atoms with van der Waals surface area (Å²) in [4.78, 5) is 49.6. The number of hydrogen-bond acceptors (Lipinski definition) is 6. The Kier molecular flexibility index (Phi) is 5.59. The summed E-state index contributed by atoms with van der Waals surface area (Å²) in [6.45, 7) is 1.30. The zero-order valence-corrected chi connectivity index (χ0v) is 18.4. The molecule has 1 N–H and O–H groups in total. The summed E-state index contributed by atoms with van der Waals surface area (Å²) in [5.74, 6) is -2.97. The molecule has 0 aliphatic carbocycles. The van der Waals surface area contributed by atoms with Gasteiger partial charge in [0.15, 0.2) is 9.84 Å². The molecule has 1 fully saturated rings. The number of rotatable bonds is 4. The highest BCUT2D eigenvalue weighted by atomic mass is 32.2. The van der Waals surface area contributed by atoms with Crippen LogP contribution in [0.15, 0.2) is 47.4 Å². The van der Waals surface area contributed by atoms with E-state index in [2.05, 4.69) is 5.32 Å². The van der Waals surface area contributed by atoms with E-state index in [9.17, 15) is 40.8 Å². The molecule has 2 unspecified atom stereocenters. The number of carbonyl (C=O) groups is 4. The normalized spacial score (nSPS) is 19.8. The van der Waals surface area contributed by atoms with Crippen molar-refractivity contribution >= 4 is 33.5 Å². The molecule has 2 heterocycles. The second-order valence-electron chi connectivity index (χ2n) is 7.96. The second-order valence-corrected chi connectivity index (χ2v) is 10.2. The quantitative estimate of drug-likeness (QED) is 0.653. The van der Waals surface area contributed by atoms with Crippen LogP contribution in [0.3, 0.4) is 0 Å². The molecule has 0 spiro atoms. The zero-order valence-electron chi connectivity index (χ0n) is 17.5. The number of halogens is 3. The minimum absolute atomic E-state index is 0.0494. The number of amides is 4. The predicted molar refractivity (Wildman–Crippen MR) is 110 cm³/mol. The Morgan fingerprint density at radius 1 is 0.971 bits per heavy atom. The number of carbonyl (C=O) groups excluding carboxylic acids is 4. The van der Waals surface area contributed by atoms with E-state index < -0.39 is 56.5 Å². The molecule has 8 nitrogen and oxygen atoms in total. The van der Waals surface area contributed by atoms with Crippen LogP contribution in [0.2, 0.25) is 0 Å². The molecule has 2 aromatic carbocycles.